The second-order valence-corrected chi connectivity index (χ2v) is 4.97. The number of nitrogens with one attached hydrogen (secondary N) is 1. The molecule has 0 aliphatic heterocycles. The lowest BCUT2D eigenvalue weighted by molar-refractivity contribution is -0.385. The number of carboxylic acid groups (broad SMARTS) is 1. The van der Waals surface area contributed by atoms with Crippen molar-refractivity contribution in [2.75, 3.05) is 6.61 Å². The van der Waals surface area contributed by atoms with Crippen molar-refractivity contribution in [1.82, 2.24) is 5.32 Å². The molecule has 1 aromatic rings. The molecule has 0 aromatic heterocycles. The Kier molecular flexibility index (Phi) is 4.37. The number of aryl methyl sites for hydroxylation is 1. The molecule has 0 saturated heterocycles. The van der Waals surface area contributed by atoms with Crippen molar-refractivity contribution in [3.8, 4) is 5.75 Å². The number of nitro benzene ring substituents is 1. The van der Waals surface area contributed by atoms with Crippen LogP contribution in [0.1, 0.15) is 18.4 Å². The van der Waals surface area contributed by atoms with Crippen molar-refractivity contribution in [3.63, 3.8) is 0 Å². The van der Waals surface area contributed by atoms with E-state index < -0.39 is 22.8 Å². The third kappa shape index (κ3) is 3.88. The van der Waals surface area contributed by atoms with Crippen LogP contribution < -0.4 is 10.1 Å². The average molecular weight is 298 g/mol. The SMILES string of the molecule is Cc1cc(OCC(NC2CC2)C(=O)O)c(F)cc1[N+](=O)[O-]. The van der Waals surface area contributed by atoms with Crippen molar-refractivity contribution < 1.29 is 24.0 Å². The van der Waals surface area contributed by atoms with E-state index in [4.69, 9.17) is 9.84 Å². The molecule has 2 N–H and O–H groups in total. The number of rotatable bonds is 7. The number of nitro groups is 1. The molecule has 0 bridgehead atoms. The van der Waals surface area contributed by atoms with Gasteiger partial charge in [-0.05, 0) is 25.8 Å². The zero-order valence-electron chi connectivity index (χ0n) is 11.3. The molecule has 21 heavy (non-hydrogen) atoms. The van der Waals surface area contributed by atoms with Crippen molar-refractivity contribution in [1.29, 1.82) is 0 Å². The van der Waals surface area contributed by atoms with Gasteiger partial charge in [0.05, 0.1) is 11.0 Å². The summed E-state index contributed by atoms with van der Waals surface area (Å²) >= 11 is 0. The summed E-state index contributed by atoms with van der Waals surface area (Å²) in [5, 5.41) is 22.6. The maximum absolute atomic E-state index is 13.7. The molecule has 1 fully saturated rings. The minimum absolute atomic E-state index is 0.165. The molecule has 1 aliphatic rings. The molecule has 114 valence electrons. The van der Waals surface area contributed by atoms with Crippen LogP contribution in [-0.4, -0.2) is 34.7 Å². The maximum atomic E-state index is 13.7. The van der Waals surface area contributed by atoms with Gasteiger partial charge in [-0.25, -0.2) is 4.39 Å². The Morgan fingerprint density at radius 2 is 2.29 bits per heavy atom. The monoisotopic (exact) mass is 298 g/mol. The highest BCUT2D eigenvalue weighted by Crippen LogP contribution is 2.27. The fourth-order valence-corrected chi connectivity index (χ4v) is 1.85. The first-order valence-electron chi connectivity index (χ1n) is 6.44. The third-order valence-electron chi connectivity index (χ3n) is 3.16. The van der Waals surface area contributed by atoms with Gasteiger partial charge in [0.25, 0.3) is 5.69 Å². The van der Waals surface area contributed by atoms with Crippen LogP contribution in [0.4, 0.5) is 10.1 Å². The minimum Gasteiger partial charge on any atom is -0.488 e. The summed E-state index contributed by atoms with van der Waals surface area (Å²) in [7, 11) is 0. The molecule has 1 aromatic carbocycles. The normalized spacial score (nSPS) is 15.5. The van der Waals surface area contributed by atoms with Crippen LogP contribution >= 0.6 is 0 Å². The van der Waals surface area contributed by atoms with Crippen molar-refractivity contribution >= 4 is 11.7 Å². The van der Waals surface area contributed by atoms with E-state index in [2.05, 4.69) is 5.32 Å². The molecular weight excluding hydrogens is 283 g/mol. The quantitative estimate of drug-likeness (QED) is 0.586. The largest absolute Gasteiger partial charge is 0.488 e. The zero-order chi connectivity index (χ0) is 15.6. The molecule has 0 heterocycles. The second-order valence-electron chi connectivity index (χ2n) is 4.97. The Morgan fingerprint density at radius 3 is 2.81 bits per heavy atom. The fourth-order valence-electron chi connectivity index (χ4n) is 1.85. The molecule has 1 unspecified atom stereocenters. The van der Waals surface area contributed by atoms with Gasteiger partial charge >= 0.3 is 5.97 Å². The van der Waals surface area contributed by atoms with Gasteiger partial charge in [-0.2, -0.15) is 0 Å². The van der Waals surface area contributed by atoms with Crippen molar-refractivity contribution in [2.24, 2.45) is 0 Å². The Morgan fingerprint density at radius 1 is 1.62 bits per heavy atom. The number of hydrogen-bond acceptors (Lipinski definition) is 5. The molecule has 1 aliphatic carbocycles. The van der Waals surface area contributed by atoms with E-state index in [9.17, 15) is 19.3 Å². The van der Waals surface area contributed by atoms with E-state index in [0.717, 1.165) is 18.9 Å². The first kappa shape index (κ1) is 15.2. The lowest BCUT2D eigenvalue weighted by atomic mass is 10.2. The summed E-state index contributed by atoms with van der Waals surface area (Å²) in [4.78, 5) is 21.0. The average Bonchev–Trinajstić information content (AvgIpc) is 3.20. The number of ether oxygens (including phenoxy) is 1. The summed E-state index contributed by atoms with van der Waals surface area (Å²) in [6.07, 6.45) is 1.82. The van der Waals surface area contributed by atoms with Gasteiger partial charge in [-0.1, -0.05) is 0 Å². The highest BCUT2D eigenvalue weighted by molar-refractivity contribution is 5.73. The fraction of sp³-hybridized carbons (Fsp3) is 0.462. The van der Waals surface area contributed by atoms with E-state index in [1.54, 1.807) is 0 Å². The smallest absolute Gasteiger partial charge is 0.324 e. The number of aliphatic carboxylic acids is 1. The van der Waals surface area contributed by atoms with Crippen LogP contribution in [-0.2, 0) is 4.79 Å². The summed E-state index contributed by atoms with van der Waals surface area (Å²) in [5.74, 6) is -2.16. The van der Waals surface area contributed by atoms with E-state index >= 15 is 0 Å². The Bertz CT molecular complexity index is 574. The van der Waals surface area contributed by atoms with E-state index in [0.29, 0.717) is 0 Å². The molecule has 0 amide bonds. The van der Waals surface area contributed by atoms with Crippen LogP contribution in [0.5, 0.6) is 5.75 Å². The summed E-state index contributed by atoms with van der Waals surface area (Å²) in [6, 6.07) is 1.20. The lowest BCUT2D eigenvalue weighted by Crippen LogP contribution is -2.42. The van der Waals surface area contributed by atoms with Gasteiger partial charge in [0.15, 0.2) is 11.6 Å². The molecule has 8 heteroatoms. The number of hydrogen-bond donors (Lipinski definition) is 2. The number of carboxylic acids is 1. The van der Waals surface area contributed by atoms with Crippen LogP contribution in [0, 0.1) is 22.9 Å². The molecule has 7 nitrogen and oxygen atoms in total. The molecule has 0 spiro atoms. The number of nitrogens with zero attached hydrogens (tertiary/aromatic N) is 1. The third-order valence-corrected chi connectivity index (χ3v) is 3.16. The van der Waals surface area contributed by atoms with Crippen LogP contribution in [0.15, 0.2) is 12.1 Å². The van der Waals surface area contributed by atoms with Gasteiger partial charge in [0.1, 0.15) is 12.6 Å². The number of halogens is 1. The van der Waals surface area contributed by atoms with Gasteiger partial charge < -0.3 is 9.84 Å². The molecular formula is C13H15FN2O5. The van der Waals surface area contributed by atoms with Gasteiger partial charge in [-0.3, -0.25) is 20.2 Å². The predicted octanol–water partition coefficient (Wildman–Crippen LogP) is 1.63. The Labute approximate surface area is 119 Å². The van der Waals surface area contributed by atoms with Crippen molar-refractivity contribution in [2.45, 2.75) is 31.8 Å². The van der Waals surface area contributed by atoms with E-state index in [1.807, 2.05) is 0 Å². The Hall–Kier alpha value is -2.22. The summed E-state index contributed by atoms with van der Waals surface area (Å²) in [5.41, 5.74) is -0.0934. The van der Waals surface area contributed by atoms with E-state index in [1.165, 1.54) is 13.0 Å². The Balaban J connectivity index is 2.06. The first-order valence-corrected chi connectivity index (χ1v) is 6.44. The molecule has 1 atom stereocenters. The van der Waals surface area contributed by atoms with E-state index in [-0.39, 0.29) is 29.6 Å². The first-order chi connectivity index (χ1) is 9.88. The predicted molar refractivity (Wildman–Crippen MR) is 70.9 cm³/mol. The molecule has 2 rings (SSSR count). The van der Waals surface area contributed by atoms with Crippen LogP contribution in [0.25, 0.3) is 0 Å². The van der Waals surface area contributed by atoms with Gasteiger partial charge in [0.2, 0.25) is 0 Å². The summed E-state index contributed by atoms with van der Waals surface area (Å²) < 4.78 is 18.9. The molecule has 0 radical (unpaired) electrons. The lowest BCUT2D eigenvalue weighted by Gasteiger charge is -2.15. The second kappa shape index (κ2) is 6.04. The maximum Gasteiger partial charge on any atom is 0.324 e. The number of carbonyl (C=O) groups is 1. The summed E-state index contributed by atoms with van der Waals surface area (Å²) in [6.45, 7) is 1.21. The highest BCUT2D eigenvalue weighted by Gasteiger charge is 2.29. The minimum atomic E-state index is -1.08. The zero-order valence-corrected chi connectivity index (χ0v) is 11.3. The number of benzene rings is 1. The van der Waals surface area contributed by atoms with Crippen LogP contribution in [0.3, 0.4) is 0 Å². The van der Waals surface area contributed by atoms with Crippen molar-refractivity contribution in [3.05, 3.63) is 33.6 Å². The van der Waals surface area contributed by atoms with Gasteiger partial charge in [-0.15, -0.1) is 0 Å². The topological polar surface area (TPSA) is 102 Å². The standard InChI is InChI=1S/C13H15FN2O5/c1-7-4-12(9(14)5-11(7)16(19)20)21-6-10(13(17)18)15-8-2-3-8/h4-5,8,10,15H,2-3,6H2,1H3,(H,17,18). The molecule has 1 saturated carbocycles. The highest BCUT2D eigenvalue weighted by atomic mass is 19.1. The van der Waals surface area contributed by atoms with Crippen LogP contribution in [0.2, 0.25) is 0 Å². The van der Waals surface area contributed by atoms with Gasteiger partial charge in [0, 0.05) is 11.6 Å².